The highest BCUT2D eigenvalue weighted by atomic mass is 31.1. The Kier molecular flexibility index (Phi) is 9.10. The Hall–Kier alpha value is -0.200. The Morgan fingerprint density at radius 3 is 0.864 bits per heavy atom. The Morgan fingerprint density at radius 1 is 0.455 bits per heavy atom. The Morgan fingerprint density at radius 2 is 0.682 bits per heavy atom. The van der Waals surface area contributed by atoms with Crippen LogP contribution in [0.4, 0.5) is 39.5 Å². The fraction of sp³-hybridized carbons (Fsp3) is 1.00. The SMILES string of the molecule is FC(F)(F)CCCP(CCCC(F)(F)F)CCCC(F)(F)F. The number of alkyl halides is 9. The Labute approximate surface area is 124 Å². The zero-order chi connectivity index (χ0) is 17.4. The van der Waals surface area contributed by atoms with Crippen molar-refractivity contribution in [2.75, 3.05) is 18.5 Å². The van der Waals surface area contributed by atoms with Crippen LogP contribution in [0.2, 0.25) is 0 Å². The van der Waals surface area contributed by atoms with Gasteiger partial charge in [-0.3, -0.25) is 0 Å². The second-order valence-corrected chi connectivity index (χ2v) is 7.68. The molecule has 0 bridgehead atoms. The van der Waals surface area contributed by atoms with Gasteiger partial charge >= 0.3 is 18.5 Å². The van der Waals surface area contributed by atoms with Gasteiger partial charge in [0.05, 0.1) is 0 Å². The molecule has 0 aromatic carbocycles. The van der Waals surface area contributed by atoms with Gasteiger partial charge in [0.2, 0.25) is 0 Å². The van der Waals surface area contributed by atoms with Gasteiger partial charge in [0.15, 0.2) is 0 Å². The van der Waals surface area contributed by atoms with Gasteiger partial charge in [-0.05, 0) is 37.7 Å². The van der Waals surface area contributed by atoms with Crippen molar-refractivity contribution in [2.45, 2.75) is 57.1 Å². The first kappa shape index (κ1) is 21.8. The second kappa shape index (κ2) is 9.18. The van der Waals surface area contributed by atoms with Crippen molar-refractivity contribution in [3.63, 3.8) is 0 Å². The summed E-state index contributed by atoms with van der Waals surface area (Å²) in [5, 5.41) is 0. The fourth-order valence-electron chi connectivity index (χ4n) is 1.84. The van der Waals surface area contributed by atoms with Crippen molar-refractivity contribution in [1.29, 1.82) is 0 Å². The molecule has 0 N–H and O–H groups in total. The van der Waals surface area contributed by atoms with E-state index in [1.54, 1.807) is 0 Å². The molecular formula is C12H18F9P. The van der Waals surface area contributed by atoms with Crippen molar-refractivity contribution >= 4 is 7.92 Å². The highest BCUT2D eigenvalue weighted by Crippen LogP contribution is 2.41. The minimum absolute atomic E-state index is 0.0601. The molecule has 0 saturated carbocycles. The monoisotopic (exact) mass is 364 g/mol. The largest absolute Gasteiger partial charge is 0.389 e. The van der Waals surface area contributed by atoms with E-state index in [1.165, 1.54) is 0 Å². The summed E-state index contributed by atoms with van der Waals surface area (Å²) in [7, 11) is -1.22. The summed E-state index contributed by atoms with van der Waals surface area (Å²) < 4.78 is 108. The molecule has 0 aliphatic rings. The maximum Gasteiger partial charge on any atom is 0.389 e. The van der Waals surface area contributed by atoms with Crippen LogP contribution in [0, 0.1) is 0 Å². The average Bonchev–Trinajstić information content (AvgIpc) is 2.23. The zero-order valence-corrected chi connectivity index (χ0v) is 12.6. The minimum atomic E-state index is -4.35. The summed E-state index contributed by atoms with van der Waals surface area (Å²) in [6, 6.07) is 0. The standard InChI is InChI=1S/C12H18F9P/c13-10(14,15)4-1-7-22(8-2-5-11(16,17)18)9-3-6-12(19,20)21/h1-9H2. The third-order valence-corrected chi connectivity index (χ3v) is 5.65. The highest BCUT2D eigenvalue weighted by Gasteiger charge is 2.29. The molecule has 0 heterocycles. The molecule has 0 unspecified atom stereocenters. The van der Waals surface area contributed by atoms with Gasteiger partial charge < -0.3 is 0 Å². The van der Waals surface area contributed by atoms with Gasteiger partial charge in [-0.2, -0.15) is 39.5 Å². The van der Waals surface area contributed by atoms with Crippen molar-refractivity contribution in [1.82, 2.24) is 0 Å². The minimum Gasteiger partial charge on any atom is -0.171 e. The van der Waals surface area contributed by atoms with Crippen molar-refractivity contribution in [3.8, 4) is 0 Å². The molecule has 0 aromatic heterocycles. The van der Waals surface area contributed by atoms with Crippen molar-refractivity contribution in [3.05, 3.63) is 0 Å². The first-order valence-corrected chi connectivity index (χ1v) is 8.61. The maximum absolute atomic E-state index is 12.0. The van der Waals surface area contributed by atoms with Crippen LogP contribution in [0.15, 0.2) is 0 Å². The van der Waals surface area contributed by atoms with Crippen LogP contribution in [0.25, 0.3) is 0 Å². The fourth-order valence-corrected chi connectivity index (χ4v) is 4.33. The smallest absolute Gasteiger partial charge is 0.171 e. The van der Waals surface area contributed by atoms with E-state index in [1.807, 2.05) is 0 Å². The zero-order valence-electron chi connectivity index (χ0n) is 11.7. The van der Waals surface area contributed by atoms with Gasteiger partial charge in [-0.1, -0.05) is 0 Å². The summed E-state index contributed by atoms with van der Waals surface area (Å²) in [4.78, 5) is 0. The number of rotatable bonds is 9. The molecule has 0 rings (SSSR count). The predicted octanol–water partition coefficient (Wildman–Crippen LogP) is 6.50. The van der Waals surface area contributed by atoms with Gasteiger partial charge in [0.25, 0.3) is 0 Å². The van der Waals surface area contributed by atoms with Crippen LogP contribution in [0.1, 0.15) is 38.5 Å². The molecule has 0 nitrogen and oxygen atoms in total. The summed E-state index contributed by atoms with van der Waals surface area (Å²) in [5.74, 6) is 0. The molecule has 22 heavy (non-hydrogen) atoms. The van der Waals surface area contributed by atoms with Crippen molar-refractivity contribution < 1.29 is 39.5 Å². The molecule has 0 saturated heterocycles. The third kappa shape index (κ3) is 16.2. The summed E-state index contributed by atoms with van der Waals surface area (Å²) in [6.07, 6.45) is -16.7. The first-order chi connectivity index (χ1) is 9.79. The molecule has 10 heteroatoms. The van der Waals surface area contributed by atoms with E-state index in [-0.39, 0.29) is 37.7 Å². The van der Waals surface area contributed by atoms with E-state index in [4.69, 9.17) is 0 Å². The van der Waals surface area contributed by atoms with E-state index in [0.29, 0.717) is 0 Å². The van der Waals surface area contributed by atoms with Crippen LogP contribution < -0.4 is 0 Å². The van der Waals surface area contributed by atoms with Crippen molar-refractivity contribution in [2.24, 2.45) is 0 Å². The van der Waals surface area contributed by atoms with E-state index in [9.17, 15) is 39.5 Å². The van der Waals surface area contributed by atoms with Gasteiger partial charge in [0.1, 0.15) is 0 Å². The van der Waals surface area contributed by atoms with E-state index >= 15 is 0 Å². The number of hydrogen-bond acceptors (Lipinski definition) is 0. The molecule has 0 fully saturated rings. The molecule has 0 atom stereocenters. The third-order valence-electron chi connectivity index (χ3n) is 2.80. The average molecular weight is 364 g/mol. The second-order valence-electron chi connectivity index (χ2n) is 5.00. The van der Waals surface area contributed by atoms with Gasteiger partial charge in [0, 0.05) is 19.3 Å². The van der Waals surface area contributed by atoms with Gasteiger partial charge in [-0.15, -0.1) is 7.92 Å². The lowest BCUT2D eigenvalue weighted by molar-refractivity contribution is -0.135. The Bertz CT molecular complexity index is 245. The normalized spacial score (nSPS) is 13.9. The van der Waals surface area contributed by atoms with E-state index < -0.39 is 45.7 Å². The van der Waals surface area contributed by atoms with Gasteiger partial charge in [-0.25, -0.2) is 0 Å². The molecule has 134 valence electrons. The van der Waals surface area contributed by atoms with Crippen LogP contribution in [0.3, 0.4) is 0 Å². The van der Waals surface area contributed by atoms with E-state index in [2.05, 4.69) is 0 Å². The lowest BCUT2D eigenvalue weighted by Crippen LogP contribution is -2.11. The highest BCUT2D eigenvalue weighted by molar-refractivity contribution is 7.57. The first-order valence-electron chi connectivity index (χ1n) is 6.71. The van der Waals surface area contributed by atoms with Crippen LogP contribution >= 0.6 is 7.92 Å². The van der Waals surface area contributed by atoms with Crippen LogP contribution in [0.5, 0.6) is 0 Å². The summed E-state index contributed by atoms with van der Waals surface area (Å²) in [5.41, 5.74) is 0. The number of halogens is 9. The summed E-state index contributed by atoms with van der Waals surface area (Å²) >= 11 is 0. The molecule has 0 radical (unpaired) electrons. The topological polar surface area (TPSA) is 0 Å². The molecule has 0 aliphatic heterocycles. The quantitative estimate of drug-likeness (QED) is 0.324. The maximum atomic E-state index is 12.0. The lowest BCUT2D eigenvalue weighted by atomic mass is 10.3. The molecule has 0 spiro atoms. The molecular weight excluding hydrogens is 346 g/mol. The summed E-state index contributed by atoms with van der Waals surface area (Å²) in [6.45, 7) is 0. The molecule has 0 aromatic rings. The Balaban J connectivity index is 4.19. The predicted molar refractivity (Wildman–Crippen MR) is 67.4 cm³/mol. The van der Waals surface area contributed by atoms with E-state index in [0.717, 1.165) is 0 Å². The lowest BCUT2D eigenvalue weighted by Gasteiger charge is -2.19. The van der Waals surface area contributed by atoms with Crippen LogP contribution in [-0.2, 0) is 0 Å². The number of hydrogen-bond donors (Lipinski definition) is 0. The van der Waals surface area contributed by atoms with Crippen LogP contribution in [-0.4, -0.2) is 37.0 Å². The molecule has 0 amide bonds. The molecule has 0 aliphatic carbocycles.